The molecule has 3 nitrogen and oxygen atoms in total. The molecule has 132 valence electrons. The van der Waals surface area contributed by atoms with Gasteiger partial charge >= 0.3 is 0 Å². The summed E-state index contributed by atoms with van der Waals surface area (Å²) in [5.74, 6) is 0.996. The molecule has 0 unspecified atom stereocenters. The van der Waals surface area contributed by atoms with Crippen molar-refractivity contribution in [1.82, 2.24) is 5.32 Å². The summed E-state index contributed by atoms with van der Waals surface area (Å²) in [5.41, 5.74) is 3.25. The van der Waals surface area contributed by atoms with E-state index in [9.17, 15) is 4.79 Å². The molecule has 25 heavy (non-hydrogen) atoms. The van der Waals surface area contributed by atoms with Crippen LogP contribution < -0.4 is 10.1 Å². The monoisotopic (exact) mass is 337 g/mol. The van der Waals surface area contributed by atoms with E-state index in [0.717, 1.165) is 37.0 Å². The highest BCUT2D eigenvalue weighted by Gasteiger charge is 2.42. The third kappa shape index (κ3) is 3.87. The van der Waals surface area contributed by atoms with Gasteiger partial charge in [0, 0.05) is 0 Å². The molecule has 1 N–H and O–H groups in total. The summed E-state index contributed by atoms with van der Waals surface area (Å²) in [4.78, 5) is 12.9. The highest BCUT2D eigenvalue weighted by atomic mass is 16.5. The van der Waals surface area contributed by atoms with E-state index >= 15 is 0 Å². The van der Waals surface area contributed by atoms with Gasteiger partial charge in [0.2, 0.25) is 5.91 Å². The summed E-state index contributed by atoms with van der Waals surface area (Å²) < 4.78 is 5.78. The van der Waals surface area contributed by atoms with Crippen molar-refractivity contribution in [3.8, 4) is 5.75 Å². The number of carbonyl (C=O) groups excluding carboxylic acids is 1. The first-order valence-electron chi connectivity index (χ1n) is 9.16. The number of nitrogens with one attached hydrogen (secondary N) is 1. The van der Waals surface area contributed by atoms with Gasteiger partial charge in [-0.1, -0.05) is 49.2 Å². The second-order valence-electron chi connectivity index (χ2n) is 7.01. The standard InChI is InChI=1S/C22H27NO2/c1-17-10-11-20(16-18(17)2)25-15-14-23-21(24)22(12-6-7-13-22)19-8-4-3-5-9-19/h3-5,8-11,16H,6-7,12-15H2,1-2H3,(H,23,24). The van der Waals surface area contributed by atoms with Crippen LogP contribution in [0.25, 0.3) is 0 Å². The Bertz CT molecular complexity index is 718. The van der Waals surface area contributed by atoms with Gasteiger partial charge in [-0.3, -0.25) is 4.79 Å². The van der Waals surface area contributed by atoms with E-state index in [-0.39, 0.29) is 11.3 Å². The fourth-order valence-electron chi connectivity index (χ4n) is 3.69. The maximum absolute atomic E-state index is 12.9. The summed E-state index contributed by atoms with van der Waals surface area (Å²) in [6.07, 6.45) is 4.09. The molecule has 2 aromatic carbocycles. The second kappa shape index (κ2) is 7.73. The van der Waals surface area contributed by atoms with Crippen molar-refractivity contribution < 1.29 is 9.53 Å². The van der Waals surface area contributed by atoms with E-state index in [2.05, 4.69) is 37.4 Å². The molecule has 1 saturated carbocycles. The van der Waals surface area contributed by atoms with E-state index in [0.29, 0.717) is 13.2 Å². The number of ether oxygens (including phenoxy) is 1. The third-order valence-corrected chi connectivity index (χ3v) is 5.35. The highest BCUT2D eigenvalue weighted by Crippen LogP contribution is 2.41. The predicted molar refractivity (Wildman–Crippen MR) is 101 cm³/mol. The molecule has 0 radical (unpaired) electrons. The minimum absolute atomic E-state index is 0.139. The molecule has 3 heteroatoms. The van der Waals surface area contributed by atoms with Crippen LogP contribution in [0, 0.1) is 13.8 Å². The molecule has 0 aliphatic heterocycles. The predicted octanol–water partition coefficient (Wildman–Crippen LogP) is 4.31. The number of hydrogen-bond donors (Lipinski definition) is 1. The van der Waals surface area contributed by atoms with Crippen LogP contribution >= 0.6 is 0 Å². The average molecular weight is 337 g/mol. The largest absolute Gasteiger partial charge is 0.492 e. The van der Waals surface area contributed by atoms with Crippen molar-refractivity contribution in [1.29, 1.82) is 0 Å². The summed E-state index contributed by atoms with van der Waals surface area (Å²) in [5, 5.41) is 3.10. The van der Waals surface area contributed by atoms with Gasteiger partial charge in [0.15, 0.2) is 0 Å². The molecule has 1 fully saturated rings. The zero-order valence-electron chi connectivity index (χ0n) is 15.2. The molecule has 3 rings (SSSR count). The molecule has 0 atom stereocenters. The van der Waals surface area contributed by atoms with Crippen LogP contribution in [0.2, 0.25) is 0 Å². The normalized spacial score (nSPS) is 15.8. The van der Waals surface area contributed by atoms with E-state index in [4.69, 9.17) is 4.74 Å². The van der Waals surface area contributed by atoms with E-state index in [1.54, 1.807) is 0 Å². The zero-order valence-corrected chi connectivity index (χ0v) is 15.2. The van der Waals surface area contributed by atoms with Gasteiger partial charge in [0.1, 0.15) is 12.4 Å². The molecule has 0 bridgehead atoms. The van der Waals surface area contributed by atoms with Gasteiger partial charge in [0.05, 0.1) is 12.0 Å². The molecule has 0 aromatic heterocycles. The molecule has 2 aromatic rings. The first-order valence-corrected chi connectivity index (χ1v) is 9.16. The molecular weight excluding hydrogens is 310 g/mol. The molecule has 1 aliphatic rings. The van der Waals surface area contributed by atoms with Crippen molar-refractivity contribution in [2.75, 3.05) is 13.2 Å². The van der Waals surface area contributed by atoms with Gasteiger partial charge in [-0.05, 0) is 55.5 Å². The Morgan fingerprint density at radius 2 is 1.76 bits per heavy atom. The van der Waals surface area contributed by atoms with Crippen molar-refractivity contribution in [2.45, 2.75) is 44.9 Å². The summed E-state index contributed by atoms with van der Waals surface area (Å²) >= 11 is 0. The van der Waals surface area contributed by atoms with E-state index < -0.39 is 0 Å². The van der Waals surface area contributed by atoms with E-state index in [1.165, 1.54) is 11.1 Å². The maximum atomic E-state index is 12.9. The Morgan fingerprint density at radius 3 is 2.44 bits per heavy atom. The van der Waals surface area contributed by atoms with Crippen molar-refractivity contribution in [3.63, 3.8) is 0 Å². The number of amides is 1. The Labute approximate surface area is 150 Å². The smallest absolute Gasteiger partial charge is 0.230 e. The lowest BCUT2D eigenvalue weighted by molar-refractivity contribution is -0.126. The molecule has 1 aliphatic carbocycles. The topological polar surface area (TPSA) is 38.3 Å². The fourth-order valence-corrected chi connectivity index (χ4v) is 3.69. The Balaban J connectivity index is 1.57. The van der Waals surface area contributed by atoms with Gasteiger partial charge in [0.25, 0.3) is 0 Å². The van der Waals surface area contributed by atoms with E-state index in [1.807, 2.05) is 30.3 Å². The Kier molecular flexibility index (Phi) is 5.42. The Hall–Kier alpha value is -2.29. The van der Waals surface area contributed by atoms with Crippen LogP contribution in [-0.4, -0.2) is 19.1 Å². The van der Waals surface area contributed by atoms with Gasteiger partial charge < -0.3 is 10.1 Å². The third-order valence-electron chi connectivity index (χ3n) is 5.35. The minimum Gasteiger partial charge on any atom is -0.492 e. The zero-order chi connectivity index (χ0) is 17.7. The second-order valence-corrected chi connectivity index (χ2v) is 7.01. The lowest BCUT2D eigenvalue weighted by atomic mass is 9.78. The lowest BCUT2D eigenvalue weighted by Crippen LogP contribution is -2.43. The van der Waals surface area contributed by atoms with Crippen molar-refractivity contribution in [2.24, 2.45) is 0 Å². The number of aryl methyl sites for hydroxylation is 2. The summed E-state index contributed by atoms with van der Waals surface area (Å²) in [6, 6.07) is 16.3. The Morgan fingerprint density at radius 1 is 1.04 bits per heavy atom. The molecule has 0 spiro atoms. The van der Waals surface area contributed by atoms with Gasteiger partial charge in [-0.2, -0.15) is 0 Å². The first kappa shape index (κ1) is 17.5. The molecular formula is C22H27NO2. The average Bonchev–Trinajstić information content (AvgIpc) is 3.13. The summed E-state index contributed by atoms with van der Waals surface area (Å²) in [6.45, 7) is 5.18. The molecule has 0 saturated heterocycles. The van der Waals surface area contributed by atoms with Crippen LogP contribution in [0.5, 0.6) is 5.75 Å². The van der Waals surface area contributed by atoms with Crippen molar-refractivity contribution >= 4 is 5.91 Å². The van der Waals surface area contributed by atoms with Crippen LogP contribution in [0.15, 0.2) is 48.5 Å². The number of carbonyl (C=O) groups is 1. The fraction of sp³-hybridized carbons (Fsp3) is 0.409. The SMILES string of the molecule is Cc1ccc(OCCNC(=O)C2(c3ccccc3)CCCC2)cc1C. The van der Waals surface area contributed by atoms with Crippen molar-refractivity contribution in [3.05, 3.63) is 65.2 Å². The van der Waals surface area contributed by atoms with Gasteiger partial charge in [-0.25, -0.2) is 0 Å². The number of benzene rings is 2. The molecule has 0 heterocycles. The maximum Gasteiger partial charge on any atom is 0.230 e. The number of rotatable bonds is 6. The van der Waals surface area contributed by atoms with Crippen LogP contribution in [-0.2, 0) is 10.2 Å². The van der Waals surface area contributed by atoms with Gasteiger partial charge in [-0.15, -0.1) is 0 Å². The quantitative estimate of drug-likeness (QED) is 0.798. The highest BCUT2D eigenvalue weighted by molar-refractivity contribution is 5.88. The minimum atomic E-state index is -0.359. The summed E-state index contributed by atoms with van der Waals surface area (Å²) in [7, 11) is 0. The number of hydrogen-bond acceptors (Lipinski definition) is 2. The first-order chi connectivity index (χ1) is 12.1. The van der Waals surface area contributed by atoms with Crippen LogP contribution in [0.4, 0.5) is 0 Å². The lowest BCUT2D eigenvalue weighted by Gasteiger charge is -2.28. The van der Waals surface area contributed by atoms with Crippen LogP contribution in [0.3, 0.4) is 0 Å². The molecule has 1 amide bonds. The van der Waals surface area contributed by atoms with Crippen LogP contribution in [0.1, 0.15) is 42.4 Å².